The van der Waals surface area contributed by atoms with Gasteiger partial charge in [0.25, 0.3) is 0 Å². The zero-order valence-electron chi connectivity index (χ0n) is 19.0. The normalized spacial score (nSPS) is 15.3. The standard InChI is InChI=1S/C26H23N5O4/c1-34-21-10-8-20(9-11-21)31-16-19(14-24(31)32)26(33)28-22-7-3-2-5-17(22)13-23-29-25(30-35-23)18-6-4-12-27-15-18/h2-12,15,19H,13-14,16H2,1H3,(H,28,33). The zero-order valence-corrected chi connectivity index (χ0v) is 19.0. The lowest BCUT2D eigenvalue weighted by molar-refractivity contribution is -0.122. The van der Waals surface area contributed by atoms with Crippen molar-refractivity contribution in [1.82, 2.24) is 15.1 Å². The van der Waals surface area contributed by atoms with Gasteiger partial charge in [-0.3, -0.25) is 14.6 Å². The van der Waals surface area contributed by atoms with Crippen LogP contribution in [0.3, 0.4) is 0 Å². The van der Waals surface area contributed by atoms with Crippen LogP contribution in [0, 0.1) is 5.92 Å². The second-order valence-corrected chi connectivity index (χ2v) is 8.18. The minimum absolute atomic E-state index is 0.0857. The maximum Gasteiger partial charge on any atom is 0.231 e. The number of nitrogens with one attached hydrogen (secondary N) is 1. The van der Waals surface area contributed by atoms with Crippen LogP contribution in [0.2, 0.25) is 0 Å². The smallest absolute Gasteiger partial charge is 0.231 e. The van der Waals surface area contributed by atoms with Crippen LogP contribution < -0.4 is 15.0 Å². The van der Waals surface area contributed by atoms with Crippen LogP contribution in [-0.4, -0.2) is 40.6 Å². The summed E-state index contributed by atoms with van der Waals surface area (Å²) in [6.45, 7) is 0.317. The molecule has 9 nitrogen and oxygen atoms in total. The predicted molar refractivity (Wildman–Crippen MR) is 129 cm³/mol. The Kier molecular flexibility index (Phi) is 6.21. The number of methoxy groups -OCH3 is 1. The quantitative estimate of drug-likeness (QED) is 0.439. The molecule has 176 valence electrons. The molecule has 35 heavy (non-hydrogen) atoms. The number of hydrogen-bond donors (Lipinski definition) is 1. The summed E-state index contributed by atoms with van der Waals surface area (Å²) in [5, 5.41) is 7.01. The third-order valence-corrected chi connectivity index (χ3v) is 5.88. The van der Waals surface area contributed by atoms with Crippen LogP contribution in [0.5, 0.6) is 5.75 Å². The Morgan fingerprint density at radius 3 is 2.74 bits per heavy atom. The second kappa shape index (κ2) is 9.76. The van der Waals surface area contributed by atoms with Crippen molar-refractivity contribution in [3.8, 4) is 17.1 Å². The molecule has 1 N–H and O–H groups in total. The van der Waals surface area contributed by atoms with E-state index >= 15 is 0 Å². The SMILES string of the molecule is COc1ccc(N2CC(C(=O)Nc3ccccc3Cc3nc(-c4cccnc4)no3)CC2=O)cc1. The number of ether oxygens (including phenoxy) is 1. The summed E-state index contributed by atoms with van der Waals surface area (Å²) < 4.78 is 10.6. The molecule has 1 fully saturated rings. The number of para-hydroxylation sites is 1. The van der Waals surface area contributed by atoms with Gasteiger partial charge >= 0.3 is 0 Å². The lowest BCUT2D eigenvalue weighted by atomic mass is 10.1. The van der Waals surface area contributed by atoms with E-state index in [1.165, 1.54) is 0 Å². The van der Waals surface area contributed by atoms with E-state index in [0.29, 0.717) is 36.1 Å². The molecule has 2 aromatic heterocycles. The molecular formula is C26H23N5O4. The van der Waals surface area contributed by atoms with Gasteiger partial charge < -0.3 is 19.5 Å². The molecule has 1 aliphatic heterocycles. The fraction of sp³-hybridized carbons (Fsp3) is 0.192. The third kappa shape index (κ3) is 4.89. The summed E-state index contributed by atoms with van der Waals surface area (Å²) in [7, 11) is 1.59. The van der Waals surface area contributed by atoms with E-state index in [2.05, 4.69) is 20.4 Å². The lowest BCUT2D eigenvalue weighted by Crippen LogP contribution is -2.28. The van der Waals surface area contributed by atoms with E-state index in [-0.39, 0.29) is 18.2 Å². The number of pyridine rings is 1. The summed E-state index contributed by atoms with van der Waals surface area (Å²) in [5.74, 6) is 0.837. The van der Waals surface area contributed by atoms with Crippen LogP contribution in [0.25, 0.3) is 11.4 Å². The van der Waals surface area contributed by atoms with E-state index in [0.717, 1.165) is 16.8 Å². The molecule has 0 bridgehead atoms. The van der Waals surface area contributed by atoms with Crippen molar-refractivity contribution in [2.24, 2.45) is 5.92 Å². The topological polar surface area (TPSA) is 110 Å². The van der Waals surface area contributed by atoms with E-state index < -0.39 is 5.92 Å². The van der Waals surface area contributed by atoms with Crippen LogP contribution in [0.4, 0.5) is 11.4 Å². The van der Waals surface area contributed by atoms with E-state index in [9.17, 15) is 9.59 Å². The van der Waals surface area contributed by atoms with Gasteiger partial charge in [0.05, 0.1) is 19.4 Å². The first-order valence-corrected chi connectivity index (χ1v) is 11.2. The average molecular weight is 470 g/mol. The molecule has 1 aliphatic rings. The molecule has 0 aliphatic carbocycles. The highest BCUT2D eigenvalue weighted by molar-refractivity contribution is 6.03. The van der Waals surface area contributed by atoms with Gasteiger partial charge in [0.2, 0.25) is 23.5 Å². The Morgan fingerprint density at radius 2 is 1.97 bits per heavy atom. The van der Waals surface area contributed by atoms with Crippen LogP contribution in [0.1, 0.15) is 17.9 Å². The predicted octanol–water partition coefficient (Wildman–Crippen LogP) is 3.72. The third-order valence-electron chi connectivity index (χ3n) is 5.88. The van der Waals surface area contributed by atoms with Gasteiger partial charge in [-0.25, -0.2) is 0 Å². The van der Waals surface area contributed by atoms with Gasteiger partial charge in [-0.15, -0.1) is 0 Å². The van der Waals surface area contributed by atoms with Crippen molar-refractivity contribution in [3.05, 3.63) is 84.5 Å². The monoisotopic (exact) mass is 469 g/mol. The fourth-order valence-corrected chi connectivity index (χ4v) is 4.03. The molecule has 5 rings (SSSR count). The van der Waals surface area contributed by atoms with Gasteiger partial charge in [-0.1, -0.05) is 23.4 Å². The molecule has 0 saturated carbocycles. The van der Waals surface area contributed by atoms with Crippen molar-refractivity contribution in [2.45, 2.75) is 12.8 Å². The molecule has 4 aromatic rings. The first-order valence-electron chi connectivity index (χ1n) is 11.2. The zero-order chi connectivity index (χ0) is 24.2. The Labute approximate surface area is 201 Å². The number of nitrogens with zero attached hydrogens (tertiary/aromatic N) is 4. The molecule has 9 heteroatoms. The number of anilines is 2. The largest absolute Gasteiger partial charge is 0.497 e. The highest BCUT2D eigenvalue weighted by atomic mass is 16.5. The van der Waals surface area contributed by atoms with Gasteiger partial charge in [0, 0.05) is 42.3 Å². The molecule has 2 aromatic carbocycles. The molecule has 1 unspecified atom stereocenters. The Bertz CT molecular complexity index is 1340. The summed E-state index contributed by atoms with van der Waals surface area (Å²) in [4.78, 5) is 35.8. The molecule has 1 saturated heterocycles. The van der Waals surface area contributed by atoms with Crippen molar-refractivity contribution < 1.29 is 18.8 Å². The van der Waals surface area contributed by atoms with Crippen molar-refractivity contribution in [2.75, 3.05) is 23.9 Å². The fourth-order valence-electron chi connectivity index (χ4n) is 4.03. The minimum atomic E-state index is -0.460. The summed E-state index contributed by atoms with van der Waals surface area (Å²) in [6.07, 6.45) is 3.85. The highest BCUT2D eigenvalue weighted by Gasteiger charge is 2.35. The number of carbonyl (C=O) groups is 2. The first kappa shape index (κ1) is 22.3. The van der Waals surface area contributed by atoms with Gasteiger partial charge in [0.1, 0.15) is 5.75 Å². The summed E-state index contributed by atoms with van der Waals surface area (Å²) >= 11 is 0. The average Bonchev–Trinajstić information content (AvgIpc) is 3.52. The molecule has 1 atom stereocenters. The van der Waals surface area contributed by atoms with Crippen molar-refractivity contribution in [1.29, 1.82) is 0 Å². The molecule has 0 spiro atoms. The van der Waals surface area contributed by atoms with Gasteiger partial charge in [0.15, 0.2) is 0 Å². The Morgan fingerprint density at radius 1 is 1.14 bits per heavy atom. The molecule has 0 radical (unpaired) electrons. The number of rotatable bonds is 7. The Hall–Kier alpha value is -4.53. The number of hydrogen-bond acceptors (Lipinski definition) is 7. The maximum absolute atomic E-state index is 13.1. The molecule has 3 heterocycles. The summed E-state index contributed by atoms with van der Waals surface area (Å²) in [5.41, 5.74) is 2.98. The highest BCUT2D eigenvalue weighted by Crippen LogP contribution is 2.28. The van der Waals surface area contributed by atoms with Crippen LogP contribution in [-0.2, 0) is 16.0 Å². The minimum Gasteiger partial charge on any atom is -0.497 e. The Balaban J connectivity index is 1.27. The van der Waals surface area contributed by atoms with Crippen molar-refractivity contribution >= 4 is 23.2 Å². The molecule has 2 amide bonds. The molecular weight excluding hydrogens is 446 g/mol. The number of aromatic nitrogens is 3. The maximum atomic E-state index is 13.1. The van der Waals surface area contributed by atoms with E-state index in [4.69, 9.17) is 9.26 Å². The first-order chi connectivity index (χ1) is 17.1. The van der Waals surface area contributed by atoms with Gasteiger partial charge in [-0.05, 0) is 48.0 Å². The number of carbonyl (C=O) groups excluding carboxylic acids is 2. The van der Waals surface area contributed by atoms with E-state index in [1.54, 1.807) is 42.6 Å². The van der Waals surface area contributed by atoms with Crippen LogP contribution in [0.15, 0.2) is 77.6 Å². The second-order valence-electron chi connectivity index (χ2n) is 8.18. The van der Waals surface area contributed by atoms with Crippen LogP contribution >= 0.6 is 0 Å². The summed E-state index contributed by atoms with van der Waals surface area (Å²) in [6, 6.07) is 18.3. The number of amides is 2. The van der Waals surface area contributed by atoms with Crippen molar-refractivity contribution in [3.63, 3.8) is 0 Å². The van der Waals surface area contributed by atoms with Gasteiger partial charge in [-0.2, -0.15) is 4.98 Å². The van der Waals surface area contributed by atoms with E-state index in [1.807, 2.05) is 42.5 Å². The lowest BCUT2D eigenvalue weighted by Gasteiger charge is -2.17. The number of benzene rings is 2.